The fourth-order valence-corrected chi connectivity index (χ4v) is 3.66. The number of carbonyl (C=O) groups excluding carboxylic acids is 1. The molecule has 168 valence electrons. The van der Waals surface area contributed by atoms with Gasteiger partial charge in [0, 0.05) is 18.3 Å². The summed E-state index contributed by atoms with van der Waals surface area (Å²) >= 11 is 0. The van der Waals surface area contributed by atoms with Crippen LogP contribution < -0.4 is 10.1 Å². The zero-order chi connectivity index (χ0) is 22.3. The number of hydrogen-bond acceptors (Lipinski definition) is 3. The van der Waals surface area contributed by atoms with E-state index in [-0.39, 0.29) is 11.9 Å². The summed E-state index contributed by atoms with van der Waals surface area (Å²) in [6.45, 7) is 5.13. The minimum Gasteiger partial charge on any atom is -0.497 e. The summed E-state index contributed by atoms with van der Waals surface area (Å²) in [5.74, 6) is 0.821. The second kappa shape index (κ2) is 14.4. The van der Waals surface area contributed by atoms with Gasteiger partial charge in [-0.1, -0.05) is 50.5 Å². The highest BCUT2D eigenvalue weighted by molar-refractivity contribution is 5.88. The number of methoxy groups -OCH3 is 1. The first kappa shape index (κ1) is 24.6. The number of amides is 1. The van der Waals surface area contributed by atoms with Crippen LogP contribution in [0.25, 0.3) is 5.57 Å². The van der Waals surface area contributed by atoms with Gasteiger partial charge in [0.25, 0.3) is 0 Å². The molecule has 0 saturated heterocycles. The van der Waals surface area contributed by atoms with Crippen LogP contribution in [0.15, 0.2) is 59.1 Å². The number of hydrogen-bond donors (Lipinski definition) is 1. The molecular weight excluding hydrogens is 384 g/mol. The van der Waals surface area contributed by atoms with E-state index in [2.05, 4.69) is 48.4 Å². The Hall–Kier alpha value is -2.62. The average Bonchev–Trinajstić information content (AvgIpc) is 3.29. The maximum Gasteiger partial charge on any atom is 0.244 e. The van der Waals surface area contributed by atoms with Crippen molar-refractivity contribution in [2.24, 2.45) is 4.99 Å². The van der Waals surface area contributed by atoms with Crippen LogP contribution in [0.3, 0.4) is 0 Å². The minimum atomic E-state index is -0.0350. The second-order valence-electron chi connectivity index (χ2n) is 8.21. The number of rotatable bonds is 14. The van der Waals surface area contributed by atoms with Crippen molar-refractivity contribution >= 4 is 17.7 Å². The lowest BCUT2D eigenvalue weighted by Gasteiger charge is -2.12. The second-order valence-corrected chi connectivity index (χ2v) is 8.21. The van der Waals surface area contributed by atoms with E-state index >= 15 is 0 Å². The lowest BCUT2D eigenvalue weighted by molar-refractivity contribution is -0.117. The van der Waals surface area contributed by atoms with Crippen LogP contribution >= 0.6 is 0 Å². The third-order valence-corrected chi connectivity index (χ3v) is 5.54. The summed E-state index contributed by atoms with van der Waals surface area (Å²) in [5.41, 5.74) is 3.82. The van der Waals surface area contributed by atoms with Crippen LogP contribution in [0.2, 0.25) is 0 Å². The quantitative estimate of drug-likeness (QED) is 0.217. The fraction of sp³-hybridized carbons (Fsp3) is 0.481. The zero-order valence-corrected chi connectivity index (χ0v) is 19.4. The Morgan fingerprint density at radius 1 is 1.19 bits per heavy atom. The van der Waals surface area contributed by atoms with E-state index < -0.39 is 0 Å². The van der Waals surface area contributed by atoms with E-state index in [1.807, 2.05) is 24.4 Å². The van der Waals surface area contributed by atoms with Crippen molar-refractivity contribution in [3.8, 4) is 5.75 Å². The first-order chi connectivity index (χ1) is 15.1. The Labute approximate surface area is 188 Å². The highest BCUT2D eigenvalue weighted by atomic mass is 16.5. The smallest absolute Gasteiger partial charge is 0.244 e. The predicted molar refractivity (Wildman–Crippen MR) is 132 cm³/mol. The van der Waals surface area contributed by atoms with Crippen LogP contribution in [0.1, 0.15) is 70.8 Å². The van der Waals surface area contributed by atoms with Crippen molar-refractivity contribution in [3.63, 3.8) is 0 Å². The Balaban J connectivity index is 1.86. The van der Waals surface area contributed by atoms with Crippen molar-refractivity contribution in [1.29, 1.82) is 0 Å². The highest BCUT2D eigenvalue weighted by Crippen LogP contribution is 2.24. The molecule has 4 nitrogen and oxygen atoms in total. The molecule has 0 aromatic heterocycles. The molecule has 0 spiro atoms. The molecule has 1 aliphatic heterocycles. The number of unbranched alkanes of at least 4 members (excludes halogenated alkanes) is 3. The topological polar surface area (TPSA) is 50.7 Å². The summed E-state index contributed by atoms with van der Waals surface area (Å²) in [6, 6.07) is 8.32. The predicted octanol–water partition coefficient (Wildman–Crippen LogP) is 6.29. The van der Waals surface area contributed by atoms with Gasteiger partial charge in [0.2, 0.25) is 5.91 Å². The van der Waals surface area contributed by atoms with Gasteiger partial charge in [-0.15, -0.1) is 0 Å². The highest BCUT2D eigenvalue weighted by Gasteiger charge is 2.07. The van der Waals surface area contributed by atoms with Crippen LogP contribution in [0.4, 0.5) is 0 Å². The summed E-state index contributed by atoms with van der Waals surface area (Å²) in [5, 5.41) is 3.07. The molecule has 1 aromatic rings. The number of nitrogens with zero attached hydrogens (tertiary/aromatic N) is 1. The van der Waals surface area contributed by atoms with Crippen LogP contribution in [0.5, 0.6) is 5.75 Å². The third kappa shape index (κ3) is 9.82. The maximum atomic E-state index is 12.3. The van der Waals surface area contributed by atoms with Gasteiger partial charge in [-0.05, 0) is 73.9 Å². The van der Waals surface area contributed by atoms with Crippen molar-refractivity contribution in [2.45, 2.75) is 71.3 Å². The summed E-state index contributed by atoms with van der Waals surface area (Å²) in [7, 11) is 1.68. The lowest BCUT2D eigenvalue weighted by Crippen LogP contribution is -2.30. The number of nitrogens with one attached hydrogen (secondary N) is 1. The van der Waals surface area contributed by atoms with Gasteiger partial charge in [-0.25, -0.2) is 0 Å². The van der Waals surface area contributed by atoms with Crippen molar-refractivity contribution in [1.82, 2.24) is 5.32 Å². The number of benzene rings is 1. The zero-order valence-electron chi connectivity index (χ0n) is 19.4. The van der Waals surface area contributed by atoms with Gasteiger partial charge in [-0.3, -0.25) is 9.79 Å². The Morgan fingerprint density at radius 3 is 2.68 bits per heavy atom. The Kier molecular flexibility index (Phi) is 11.4. The first-order valence-corrected chi connectivity index (χ1v) is 11.6. The van der Waals surface area contributed by atoms with Crippen LogP contribution in [-0.4, -0.2) is 31.8 Å². The van der Waals surface area contributed by atoms with Gasteiger partial charge < -0.3 is 10.1 Å². The van der Waals surface area contributed by atoms with Gasteiger partial charge in [0.15, 0.2) is 0 Å². The summed E-state index contributed by atoms with van der Waals surface area (Å²) < 4.78 is 5.27. The van der Waals surface area contributed by atoms with E-state index in [1.54, 1.807) is 13.2 Å². The molecule has 0 aliphatic carbocycles. The third-order valence-electron chi connectivity index (χ3n) is 5.54. The largest absolute Gasteiger partial charge is 0.497 e. The van der Waals surface area contributed by atoms with Gasteiger partial charge in [0.05, 0.1) is 13.7 Å². The van der Waals surface area contributed by atoms with Gasteiger partial charge in [-0.2, -0.15) is 0 Å². The molecule has 4 heteroatoms. The molecule has 0 bridgehead atoms. The van der Waals surface area contributed by atoms with Crippen LogP contribution in [-0.2, 0) is 4.79 Å². The summed E-state index contributed by atoms with van der Waals surface area (Å²) in [4.78, 5) is 16.5. The standard InChI is InChI=1S/C27H38N2O2/c1-4-5-6-7-12-24(25-15-17-26(31-3)18-16-25)13-9-14-27(30)29-22(2)10-8-11-23-19-20-28-21-23/h9,13-20,22H,4-8,10-12,21H2,1-3H3,(H,29,30)/t22-/m1/s1. The van der Waals surface area contributed by atoms with Crippen molar-refractivity contribution in [2.75, 3.05) is 13.7 Å². The number of carbonyl (C=O) groups is 1. The van der Waals surface area contributed by atoms with E-state index in [1.165, 1.54) is 36.0 Å². The molecule has 2 rings (SSSR count). The van der Waals surface area contributed by atoms with Crippen molar-refractivity contribution in [3.05, 3.63) is 59.7 Å². The molecule has 0 unspecified atom stereocenters. The van der Waals surface area contributed by atoms with E-state index in [9.17, 15) is 4.79 Å². The first-order valence-electron chi connectivity index (χ1n) is 11.6. The molecule has 1 N–H and O–H groups in total. The van der Waals surface area contributed by atoms with E-state index in [0.29, 0.717) is 0 Å². The number of aliphatic imine (C=N–C) groups is 1. The van der Waals surface area contributed by atoms with Gasteiger partial charge in [0.1, 0.15) is 5.75 Å². The molecule has 0 saturated carbocycles. The Bertz CT molecular complexity index is 788. The monoisotopic (exact) mass is 422 g/mol. The normalized spacial score (nSPS) is 14.7. The maximum absolute atomic E-state index is 12.3. The molecule has 31 heavy (non-hydrogen) atoms. The molecule has 1 atom stereocenters. The molecule has 1 aromatic carbocycles. The van der Waals surface area contributed by atoms with E-state index in [4.69, 9.17) is 4.74 Å². The van der Waals surface area contributed by atoms with Crippen LogP contribution in [0, 0.1) is 0 Å². The van der Waals surface area contributed by atoms with Crippen molar-refractivity contribution < 1.29 is 9.53 Å². The average molecular weight is 423 g/mol. The molecular formula is C27H38N2O2. The Morgan fingerprint density at radius 2 is 2.00 bits per heavy atom. The minimum absolute atomic E-state index is 0.0350. The fourth-order valence-electron chi connectivity index (χ4n) is 3.66. The lowest BCUT2D eigenvalue weighted by atomic mass is 9.98. The number of ether oxygens (including phenoxy) is 1. The molecule has 0 fully saturated rings. The summed E-state index contributed by atoms with van der Waals surface area (Å²) in [6.07, 6.45) is 18.5. The number of allylic oxidation sites excluding steroid dienone is 4. The molecule has 1 aliphatic rings. The SMILES string of the molecule is CCCCCCC(=CC=CC(=O)N[C@H](C)CCCC1=CC=NC1)c1ccc(OC)cc1. The molecule has 0 radical (unpaired) electrons. The van der Waals surface area contributed by atoms with E-state index in [0.717, 1.165) is 44.4 Å². The molecule has 1 amide bonds. The molecule has 1 heterocycles. The van der Waals surface area contributed by atoms with Gasteiger partial charge >= 0.3 is 0 Å².